The average Bonchev–Trinajstić information content (AvgIpc) is 3.18. The van der Waals surface area contributed by atoms with E-state index in [1.807, 2.05) is 30.5 Å². The number of pyridine rings is 1. The first kappa shape index (κ1) is 20.7. The zero-order chi connectivity index (χ0) is 21.2. The van der Waals surface area contributed by atoms with E-state index in [2.05, 4.69) is 27.9 Å². The summed E-state index contributed by atoms with van der Waals surface area (Å²) < 4.78 is 7.31. The molecule has 7 heteroatoms. The highest BCUT2D eigenvalue weighted by molar-refractivity contribution is 7.18. The molecular formula is C24H30N4O2S. The lowest BCUT2D eigenvalue weighted by atomic mass is 9.84. The van der Waals surface area contributed by atoms with Crippen molar-refractivity contribution in [1.82, 2.24) is 14.9 Å². The van der Waals surface area contributed by atoms with Crippen molar-refractivity contribution >= 4 is 27.4 Å². The third kappa shape index (κ3) is 4.84. The molecule has 0 spiro atoms. The van der Waals surface area contributed by atoms with Gasteiger partial charge in [0.25, 0.3) is 0 Å². The highest BCUT2D eigenvalue weighted by Gasteiger charge is 2.24. The molecule has 2 aromatic heterocycles. The van der Waals surface area contributed by atoms with E-state index in [0.717, 1.165) is 84.4 Å². The minimum atomic E-state index is -0.180. The van der Waals surface area contributed by atoms with Crippen LogP contribution >= 0.6 is 11.3 Å². The largest absolute Gasteiger partial charge is 0.457 e. The van der Waals surface area contributed by atoms with E-state index in [0.29, 0.717) is 5.92 Å². The van der Waals surface area contributed by atoms with Crippen LogP contribution in [0.15, 0.2) is 36.5 Å². The van der Waals surface area contributed by atoms with E-state index in [9.17, 15) is 5.11 Å². The lowest BCUT2D eigenvalue weighted by Gasteiger charge is -2.33. The zero-order valence-electron chi connectivity index (χ0n) is 18.0. The summed E-state index contributed by atoms with van der Waals surface area (Å²) in [6, 6.07) is 10.0. The first-order chi connectivity index (χ1) is 15.1. The van der Waals surface area contributed by atoms with Crippen molar-refractivity contribution in [2.75, 3.05) is 38.1 Å². The summed E-state index contributed by atoms with van der Waals surface area (Å²) >= 11 is 1.72. The van der Waals surface area contributed by atoms with Crippen molar-refractivity contribution in [3.8, 4) is 11.5 Å². The Morgan fingerprint density at radius 1 is 1.06 bits per heavy atom. The Balaban J connectivity index is 1.29. The molecule has 1 aromatic carbocycles. The maximum Gasteiger partial charge on any atom is 0.132 e. The van der Waals surface area contributed by atoms with E-state index >= 15 is 0 Å². The van der Waals surface area contributed by atoms with Gasteiger partial charge in [-0.3, -0.25) is 0 Å². The number of benzene rings is 1. The molecule has 0 unspecified atom stereocenters. The van der Waals surface area contributed by atoms with Gasteiger partial charge < -0.3 is 19.6 Å². The monoisotopic (exact) mass is 438 g/mol. The normalized spacial score (nSPS) is 22.7. The van der Waals surface area contributed by atoms with E-state index in [-0.39, 0.29) is 6.10 Å². The number of hydrogen-bond acceptors (Lipinski definition) is 7. The quantitative estimate of drug-likeness (QED) is 0.640. The van der Waals surface area contributed by atoms with Crippen LogP contribution < -0.4 is 9.64 Å². The Labute approximate surface area is 187 Å². The van der Waals surface area contributed by atoms with Crippen molar-refractivity contribution in [1.29, 1.82) is 0 Å². The van der Waals surface area contributed by atoms with Crippen LogP contribution in [0.5, 0.6) is 11.5 Å². The summed E-state index contributed by atoms with van der Waals surface area (Å²) in [5.74, 6) is 2.93. The van der Waals surface area contributed by atoms with E-state index in [1.54, 1.807) is 11.3 Å². The predicted molar refractivity (Wildman–Crippen MR) is 125 cm³/mol. The van der Waals surface area contributed by atoms with Gasteiger partial charge in [0, 0.05) is 50.9 Å². The summed E-state index contributed by atoms with van der Waals surface area (Å²) in [6.45, 7) is 4.07. The van der Waals surface area contributed by atoms with E-state index in [4.69, 9.17) is 9.72 Å². The van der Waals surface area contributed by atoms with Crippen LogP contribution in [0, 0.1) is 5.92 Å². The average molecular weight is 439 g/mol. The maximum atomic E-state index is 10.3. The summed E-state index contributed by atoms with van der Waals surface area (Å²) in [5, 5.41) is 11.4. The Kier molecular flexibility index (Phi) is 6.07. The number of likely N-dealkylation sites (N-methyl/N-ethyl adjacent to an activating group) is 1. The molecule has 31 heavy (non-hydrogen) atoms. The van der Waals surface area contributed by atoms with Gasteiger partial charge in [-0.1, -0.05) is 12.8 Å². The van der Waals surface area contributed by atoms with Gasteiger partial charge >= 0.3 is 0 Å². The fourth-order valence-electron chi connectivity index (χ4n) is 4.56. The molecule has 1 N–H and O–H groups in total. The molecule has 1 aliphatic heterocycles. The number of fused-ring (bicyclic) bond motifs is 1. The number of hydrogen-bond donors (Lipinski definition) is 1. The molecule has 0 bridgehead atoms. The van der Waals surface area contributed by atoms with Crippen LogP contribution in [0.1, 0.15) is 30.7 Å². The molecule has 1 aliphatic carbocycles. The fraction of sp³-hybridized carbons (Fsp3) is 0.500. The maximum absolute atomic E-state index is 10.3. The lowest BCUT2D eigenvalue weighted by molar-refractivity contribution is 0.0700. The summed E-state index contributed by atoms with van der Waals surface area (Å²) in [4.78, 5) is 14.0. The van der Waals surface area contributed by atoms with Crippen LogP contribution in [0.3, 0.4) is 0 Å². The Morgan fingerprint density at radius 3 is 2.71 bits per heavy atom. The van der Waals surface area contributed by atoms with Crippen LogP contribution in [0.4, 0.5) is 5.82 Å². The molecule has 0 amide bonds. The molecule has 1 saturated carbocycles. The highest BCUT2D eigenvalue weighted by atomic mass is 32.1. The van der Waals surface area contributed by atoms with Crippen molar-refractivity contribution in [3.63, 3.8) is 0 Å². The van der Waals surface area contributed by atoms with Gasteiger partial charge in [-0.25, -0.2) is 9.97 Å². The van der Waals surface area contributed by atoms with Gasteiger partial charge in [0.1, 0.15) is 17.3 Å². The number of piperazine rings is 1. The number of aliphatic hydroxyl groups is 1. The smallest absolute Gasteiger partial charge is 0.132 e. The molecule has 3 aromatic rings. The number of rotatable bonds is 5. The SMILES string of the molecule is CN1CCN(c2cc(Oc3ccc4nc(C[C@@H]5CCCC[C@H]5O)sc4c3)ccn2)CC1. The molecule has 2 aliphatic rings. The molecule has 164 valence electrons. The van der Waals surface area contributed by atoms with Gasteiger partial charge in [0.05, 0.1) is 21.3 Å². The zero-order valence-corrected chi connectivity index (χ0v) is 18.9. The molecule has 1 saturated heterocycles. The molecule has 2 fully saturated rings. The van der Waals surface area contributed by atoms with Gasteiger partial charge in [0.15, 0.2) is 0 Å². The fourth-order valence-corrected chi connectivity index (χ4v) is 5.65. The molecule has 6 nitrogen and oxygen atoms in total. The number of anilines is 1. The van der Waals surface area contributed by atoms with E-state index in [1.165, 1.54) is 6.42 Å². The third-order valence-corrected chi connectivity index (χ3v) is 7.53. The number of thiazole rings is 1. The summed E-state index contributed by atoms with van der Waals surface area (Å²) in [5.41, 5.74) is 1.01. The standard InChI is InChI=1S/C24H30N4O2S/c1-27-10-12-28(13-11-27)23-16-19(8-9-25-23)30-18-6-7-20-22(15-18)31-24(26-20)14-17-4-2-3-5-21(17)29/h6-9,15-17,21,29H,2-5,10-14H2,1H3/t17-,21+/m0/s1. The number of ether oxygens (including phenoxy) is 1. The highest BCUT2D eigenvalue weighted by Crippen LogP contribution is 2.33. The van der Waals surface area contributed by atoms with Crippen molar-refractivity contribution in [2.24, 2.45) is 5.92 Å². The minimum absolute atomic E-state index is 0.180. The van der Waals surface area contributed by atoms with Crippen LogP contribution in [0.2, 0.25) is 0 Å². The van der Waals surface area contributed by atoms with Crippen molar-refractivity contribution in [2.45, 2.75) is 38.2 Å². The van der Waals surface area contributed by atoms with E-state index < -0.39 is 0 Å². The molecule has 3 heterocycles. The van der Waals surface area contributed by atoms with Crippen LogP contribution in [0.25, 0.3) is 10.2 Å². The van der Waals surface area contributed by atoms with Crippen LogP contribution in [-0.4, -0.2) is 59.3 Å². The summed E-state index contributed by atoms with van der Waals surface area (Å²) in [7, 11) is 2.16. The molecule has 0 radical (unpaired) electrons. The first-order valence-electron chi connectivity index (χ1n) is 11.3. The second kappa shape index (κ2) is 9.10. The van der Waals surface area contributed by atoms with Gasteiger partial charge in [0.2, 0.25) is 0 Å². The number of aliphatic hydroxyl groups excluding tert-OH is 1. The Bertz CT molecular complexity index is 1030. The van der Waals surface area contributed by atoms with Gasteiger partial charge in [-0.2, -0.15) is 0 Å². The third-order valence-electron chi connectivity index (χ3n) is 6.49. The lowest BCUT2D eigenvalue weighted by Crippen LogP contribution is -2.44. The van der Waals surface area contributed by atoms with Gasteiger partial charge in [-0.05, 0) is 44.0 Å². The molecular weight excluding hydrogens is 408 g/mol. The Morgan fingerprint density at radius 2 is 1.87 bits per heavy atom. The second-order valence-corrected chi connectivity index (χ2v) is 9.91. The second-order valence-electron chi connectivity index (χ2n) is 8.80. The van der Waals surface area contributed by atoms with Gasteiger partial charge in [-0.15, -0.1) is 11.3 Å². The number of aromatic nitrogens is 2. The molecule has 5 rings (SSSR count). The number of nitrogens with zero attached hydrogens (tertiary/aromatic N) is 4. The predicted octanol–water partition coefficient (Wildman–Crippen LogP) is 4.33. The van der Waals surface area contributed by atoms with Crippen LogP contribution in [-0.2, 0) is 6.42 Å². The summed E-state index contributed by atoms with van der Waals surface area (Å²) in [6.07, 6.45) is 6.90. The molecule has 2 atom stereocenters. The van der Waals surface area contributed by atoms with Crippen molar-refractivity contribution in [3.05, 3.63) is 41.5 Å². The minimum Gasteiger partial charge on any atom is -0.457 e. The topological polar surface area (TPSA) is 61.7 Å². The van der Waals surface area contributed by atoms with Crippen molar-refractivity contribution < 1.29 is 9.84 Å². The first-order valence-corrected chi connectivity index (χ1v) is 12.1. The Hall–Kier alpha value is -2.22.